The smallest absolute Gasteiger partial charge is 0.672 e. The Labute approximate surface area is 783 Å². The SMILES string of the molecule is O=[Si]([O-])[O-].O=[Si]([O-])[O-].O=[Si]([O-])[O-].O=[Si]([O-])[O-].O=[Si]([O-])[O-].O=[Si]([O-])[O-].O=[Si]([O-])[O-].O=[Si]([O-])[O-].O=[Si]([O-])[O-].[K+].[K+].[K+].[K+].[K+].[K+].[Li+].[Li+].[Li+].[Li+].[Li+].[Li+].[Na+].[Na+].[Na+].[Na+].[Na+].[Na+]. The third-order valence-corrected chi connectivity index (χ3v) is 0. The molecule has 216 valence electrons. The van der Waals surface area contributed by atoms with Crippen LogP contribution in [0.2, 0.25) is 0 Å². The Balaban J connectivity index is -0.00000000583. The first-order chi connectivity index (χ1) is 15.6. The molecule has 0 aromatic rings. The van der Waals surface area contributed by atoms with E-state index in [-0.39, 0.29) is 599 Å². The van der Waals surface area contributed by atoms with Gasteiger partial charge in [0, 0.05) is 82.5 Å². The van der Waals surface area contributed by atoms with Crippen LogP contribution in [-0.4, -0.2) is 82.5 Å². The molecule has 0 aliphatic heterocycles. The van der Waals surface area contributed by atoms with Crippen molar-refractivity contribution in [2.75, 3.05) is 0 Å². The second-order valence-corrected chi connectivity index (χ2v) is 6.75. The Morgan fingerprint density at radius 3 is 0.167 bits per heavy atom. The zero-order valence-corrected chi connectivity index (χ0v) is 73.3. The first kappa shape index (κ1) is 180. The molecule has 0 rings (SSSR count). The molecule has 0 amide bonds. The van der Waals surface area contributed by atoms with Gasteiger partial charge in [0.25, 0.3) is 0 Å². The van der Waals surface area contributed by atoms with Gasteiger partial charge in [0.2, 0.25) is 0 Å². The Hall–Kier alpha value is 16.0. The quantitative estimate of drug-likeness (QED) is 0.203. The Kier molecular flexibility index (Phi) is 576. The summed E-state index contributed by atoms with van der Waals surface area (Å²) in [5, 5.41) is 0. The van der Waals surface area contributed by atoms with Crippen molar-refractivity contribution in [2.24, 2.45) is 0 Å². The third kappa shape index (κ3) is 1200. The van der Waals surface area contributed by atoms with Crippen molar-refractivity contribution < 1.29 is 725 Å². The van der Waals surface area contributed by atoms with Gasteiger partial charge in [0.05, 0.1) is 0 Å². The van der Waals surface area contributed by atoms with Gasteiger partial charge in [-0.15, -0.1) is 0 Å². The maximum absolute atomic E-state index is 8.52. The molecule has 54 heteroatoms. The molecule has 0 aliphatic rings. The topological polar surface area (TPSA) is 569 Å². The fraction of sp³-hybridized carbons (Fsp3) is 0. The van der Waals surface area contributed by atoms with E-state index in [0.29, 0.717) is 0 Å². The average Bonchev–Trinajstić information content (AvgIpc) is 2.39. The van der Waals surface area contributed by atoms with E-state index in [4.69, 9.17) is 126 Å². The van der Waals surface area contributed by atoms with Gasteiger partial charge < -0.3 is 126 Å². The van der Waals surface area contributed by atoms with Gasteiger partial charge >= 0.3 is 599 Å². The van der Waals surface area contributed by atoms with Gasteiger partial charge in [-0.05, 0) is 0 Å². The van der Waals surface area contributed by atoms with Gasteiger partial charge in [0.15, 0.2) is 0 Å². The summed E-state index contributed by atoms with van der Waals surface area (Å²) in [6.07, 6.45) is 0. The monoisotopic (exact) mass is 1100 g/mol. The Morgan fingerprint density at radius 2 is 0.167 bits per heavy atom. The van der Waals surface area contributed by atoms with E-state index in [1.54, 1.807) is 0 Å². The predicted molar refractivity (Wildman–Crippen MR) is 58.0 cm³/mol. The zero-order valence-electron chi connectivity index (χ0n) is 33.5. The van der Waals surface area contributed by atoms with Gasteiger partial charge in [0.1, 0.15) is 0 Å². The van der Waals surface area contributed by atoms with Crippen molar-refractivity contribution >= 4 is 82.5 Å². The van der Waals surface area contributed by atoms with E-state index < -0.39 is 82.5 Å². The van der Waals surface area contributed by atoms with Crippen molar-refractivity contribution in [2.45, 2.75) is 0 Å². The molecule has 0 bridgehead atoms. The van der Waals surface area contributed by atoms with Crippen LogP contribution in [0.15, 0.2) is 0 Å². The van der Waals surface area contributed by atoms with E-state index >= 15 is 0 Å². The minimum absolute atomic E-state index is 0. The Morgan fingerprint density at radius 1 is 0.167 bits per heavy atom. The normalized spacial score (nSPS) is 4.00. The third-order valence-electron chi connectivity index (χ3n) is 0. The van der Waals surface area contributed by atoms with Crippen LogP contribution in [0, 0.1) is 0 Å². The molecule has 0 aromatic heterocycles. The van der Waals surface area contributed by atoms with E-state index in [1.807, 2.05) is 0 Å². The molecule has 27 nitrogen and oxygen atoms in total. The van der Waals surface area contributed by atoms with Crippen LogP contribution in [-0.2, 0) is 40.2 Å². The summed E-state index contributed by atoms with van der Waals surface area (Å²) in [6.45, 7) is 0. The number of hydrogen-bond acceptors (Lipinski definition) is 27. The molecule has 0 unspecified atom stereocenters. The molecular formula is K6Li6Na6O27Si9. The molecule has 0 aromatic carbocycles. The molecule has 0 heterocycles. The summed E-state index contributed by atoms with van der Waals surface area (Å²) >= 11 is 0. The molecule has 0 saturated heterocycles. The van der Waals surface area contributed by atoms with Gasteiger partial charge in [-0.1, -0.05) is 0 Å². The van der Waals surface area contributed by atoms with Crippen LogP contribution in [0.25, 0.3) is 0 Å². The van der Waals surface area contributed by atoms with Crippen molar-refractivity contribution in [1.29, 1.82) is 0 Å². The predicted octanol–water partition coefficient (Wildman–Crippen LogP) is -79.8. The second kappa shape index (κ2) is 173. The van der Waals surface area contributed by atoms with Crippen molar-refractivity contribution in [3.63, 3.8) is 0 Å². The molecule has 0 atom stereocenters. The summed E-state index contributed by atoms with van der Waals surface area (Å²) in [5.74, 6) is 0. The first-order valence-corrected chi connectivity index (χ1v) is 16.5. The molecule has 0 fully saturated rings. The number of rotatable bonds is 0. The molecule has 0 radical (unpaired) electrons. The van der Waals surface area contributed by atoms with Crippen molar-refractivity contribution in [1.82, 2.24) is 0 Å². The van der Waals surface area contributed by atoms with Crippen LogP contribution in [0.3, 0.4) is 0 Å². The van der Waals surface area contributed by atoms with E-state index in [2.05, 4.69) is 0 Å². The minimum Gasteiger partial charge on any atom is -0.672 e. The van der Waals surface area contributed by atoms with Crippen molar-refractivity contribution in [3.8, 4) is 0 Å². The second-order valence-electron chi connectivity index (χ2n) is 2.25. The van der Waals surface area contributed by atoms with Crippen molar-refractivity contribution in [3.05, 3.63) is 0 Å². The van der Waals surface area contributed by atoms with E-state index in [1.165, 1.54) is 0 Å². The van der Waals surface area contributed by atoms with Crippen LogP contribution >= 0.6 is 0 Å². The maximum atomic E-state index is 8.52. The summed E-state index contributed by atoms with van der Waals surface area (Å²) in [7, 11) is -32.7. The Bertz CT molecular complexity index is 486. The fourth-order valence-electron chi connectivity index (χ4n) is 0. The largest absolute Gasteiger partial charge is 1.00 e. The fourth-order valence-corrected chi connectivity index (χ4v) is 0. The first-order valence-electron chi connectivity index (χ1n) is 5.51. The van der Waals surface area contributed by atoms with E-state index in [9.17, 15) is 0 Å². The van der Waals surface area contributed by atoms with Gasteiger partial charge in [-0.2, -0.15) is 0 Å². The zero-order chi connectivity index (χ0) is 32.2. The summed E-state index contributed by atoms with van der Waals surface area (Å²) < 4.78 is 76.7. The van der Waals surface area contributed by atoms with E-state index in [0.717, 1.165) is 0 Å². The number of hydrogen-bond donors (Lipinski definition) is 0. The van der Waals surface area contributed by atoms with Crippen LogP contribution in [0.5, 0.6) is 0 Å². The van der Waals surface area contributed by atoms with Gasteiger partial charge in [-0.25, -0.2) is 0 Å². The molecule has 0 saturated carbocycles. The van der Waals surface area contributed by atoms with Crippen LogP contribution in [0.1, 0.15) is 0 Å². The van der Waals surface area contributed by atoms with Crippen LogP contribution < -0.4 is 685 Å². The minimum atomic E-state index is -3.63. The molecule has 0 aliphatic carbocycles. The molecule has 54 heavy (non-hydrogen) atoms. The average molecular weight is 1100 g/mol. The summed E-state index contributed by atoms with van der Waals surface area (Å²) in [6, 6.07) is 0. The summed E-state index contributed by atoms with van der Waals surface area (Å²) in [4.78, 5) is 153. The molecular weight excluding hydrogens is 1100 g/mol. The molecule has 0 N–H and O–H groups in total. The molecule has 0 spiro atoms. The van der Waals surface area contributed by atoms with Crippen LogP contribution in [0.4, 0.5) is 0 Å². The van der Waals surface area contributed by atoms with Gasteiger partial charge in [-0.3, -0.25) is 0 Å². The standard InChI is InChI=1S/6K.6Li.6Na.9O3Si/c;;;;;;;;;;;;;;;;;;9*1-4(2)3/q18*+1;9*-2. The maximum Gasteiger partial charge on any atom is 1.00 e. The summed E-state index contributed by atoms with van der Waals surface area (Å²) in [5.41, 5.74) is 0.